The fourth-order valence-corrected chi connectivity index (χ4v) is 8.67. The number of hydrogen-bond acceptors (Lipinski definition) is 6. The number of carbonyl (C=O) groups is 1. The minimum atomic E-state index is -4.68. The molecule has 43 heavy (non-hydrogen) atoms. The lowest BCUT2D eigenvalue weighted by molar-refractivity contribution is -0.137. The van der Waals surface area contributed by atoms with Crippen LogP contribution in [0, 0.1) is 11.7 Å². The number of sulfonamides is 1. The van der Waals surface area contributed by atoms with Gasteiger partial charge in [0.1, 0.15) is 5.82 Å². The second-order valence-electron chi connectivity index (χ2n) is 11.9. The van der Waals surface area contributed by atoms with E-state index in [1.54, 1.807) is 4.31 Å². The number of hydrogen-bond donors (Lipinski definition) is 3. The van der Waals surface area contributed by atoms with Crippen molar-refractivity contribution in [3.63, 3.8) is 0 Å². The number of carbonyl (C=O) groups excluding carboxylic acids is 1. The number of pyridine rings is 1. The predicted octanol–water partition coefficient (Wildman–Crippen LogP) is 4.18. The van der Waals surface area contributed by atoms with E-state index in [4.69, 9.17) is 17.3 Å². The summed E-state index contributed by atoms with van der Waals surface area (Å²) in [4.78, 5) is 17.3. The molecule has 0 spiro atoms. The molecule has 3 heterocycles. The van der Waals surface area contributed by atoms with Crippen molar-refractivity contribution in [2.45, 2.75) is 81.2 Å². The van der Waals surface area contributed by atoms with Gasteiger partial charge in [0, 0.05) is 49.5 Å². The normalized spacial score (nSPS) is 28.6. The lowest BCUT2D eigenvalue weighted by Crippen LogP contribution is -2.57. The van der Waals surface area contributed by atoms with E-state index in [0.29, 0.717) is 45.0 Å². The van der Waals surface area contributed by atoms with Gasteiger partial charge < -0.3 is 16.4 Å². The van der Waals surface area contributed by atoms with Gasteiger partial charge in [0.25, 0.3) is 0 Å². The molecule has 1 amide bonds. The first-order chi connectivity index (χ1) is 20.3. The fourth-order valence-electron chi connectivity index (χ4n) is 6.75. The van der Waals surface area contributed by atoms with E-state index in [1.807, 2.05) is 0 Å². The van der Waals surface area contributed by atoms with E-state index < -0.39 is 45.4 Å². The van der Waals surface area contributed by atoms with Crippen LogP contribution >= 0.6 is 11.6 Å². The number of fused-ring (bicyclic) bond motifs is 2. The molecule has 1 aromatic carbocycles. The topological polar surface area (TPSA) is 117 Å². The molecule has 3 fully saturated rings. The third-order valence-electron chi connectivity index (χ3n) is 9.03. The summed E-state index contributed by atoms with van der Waals surface area (Å²) >= 11 is 5.84. The number of amides is 1. The van der Waals surface area contributed by atoms with E-state index in [-0.39, 0.29) is 45.9 Å². The van der Waals surface area contributed by atoms with Crippen molar-refractivity contribution < 1.29 is 30.8 Å². The van der Waals surface area contributed by atoms with Gasteiger partial charge in [-0.2, -0.15) is 17.5 Å². The predicted molar refractivity (Wildman–Crippen MR) is 154 cm³/mol. The molecule has 7 atom stereocenters. The number of alkyl halides is 3. The summed E-state index contributed by atoms with van der Waals surface area (Å²) in [6.45, 7) is 1.06. The summed E-state index contributed by atoms with van der Waals surface area (Å²) in [7, 11) is -3.31. The van der Waals surface area contributed by atoms with Crippen molar-refractivity contribution in [1.29, 1.82) is 0 Å². The van der Waals surface area contributed by atoms with Crippen LogP contribution < -0.4 is 16.4 Å². The number of nitrogens with two attached hydrogens (primary N) is 1. The van der Waals surface area contributed by atoms with Crippen molar-refractivity contribution in [3.05, 3.63) is 64.2 Å². The molecule has 1 aromatic heterocycles. The van der Waals surface area contributed by atoms with Crippen LogP contribution in [-0.2, 0) is 21.0 Å². The van der Waals surface area contributed by atoms with E-state index in [1.165, 1.54) is 18.3 Å². The number of piperazine rings is 1. The third kappa shape index (κ3) is 7.33. The standard InChI is InChI=1S/C29H36ClF4N5O3S/c30-23-9-7-18(12-24(23)31)26(19-11-20(14-36-13-19)29(32,33)34)27(35)28(40)38-25-5-1-3-17(25)6-8-22-15-37-21-4-2-10-43(41,42)39(22)16-21/h7,9,11-14,17,21-22,25-27,37H,1-6,8,10,15-16,35H2,(H,38,40). The maximum Gasteiger partial charge on any atom is 0.417 e. The molecule has 236 valence electrons. The van der Waals surface area contributed by atoms with Crippen LogP contribution in [0.5, 0.6) is 0 Å². The molecule has 2 aromatic rings. The summed E-state index contributed by atoms with van der Waals surface area (Å²) in [5, 5.41) is 6.30. The van der Waals surface area contributed by atoms with Crippen LogP contribution in [0.2, 0.25) is 5.02 Å². The average Bonchev–Trinajstić information content (AvgIpc) is 3.35. The van der Waals surface area contributed by atoms with Crippen molar-refractivity contribution in [2.24, 2.45) is 11.7 Å². The Morgan fingerprint density at radius 1 is 1.14 bits per heavy atom. The Morgan fingerprint density at radius 3 is 2.67 bits per heavy atom. The molecule has 2 bridgehead atoms. The summed E-state index contributed by atoms with van der Waals surface area (Å²) in [6, 6.07) is 3.07. The molecule has 2 aliphatic heterocycles. The average molecular weight is 646 g/mol. The maximum absolute atomic E-state index is 14.4. The van der Waals surface area contributed by atoms with Crippen LogP contribution in [0.15, 0.2) is 36.7 Å². The van der Waals surface area contributed by atoms with Crippen LogP contribution in [0.25, 0.3) is 0 Å². The van der Waals surface area contributed by atoms with Crippen molar-refractivity contribution in [2.75, 3.05) is 18.8 Å². The van der Waals surface area contributed by atoms with Crippen molar-refractivity contribution in [1.82, 2.24) is 19.9 Å². The third-order valence-corrected chi connectivity index (χ3v) is 11.3. The number of benzene rings is 1. The first-order valence-corrected chi connectivity index (χ1v) is 16.6. The molecule has 3 aliphatic rings. The minimum Gasteiger partial charge on any atom is -0.352 e. The number of aromatic nitrogens is 1. The Labute approximate surface area is 253 Å². The van der Waals surface area contributed by atoms with Crippen LogP contribution in [0.3, 0.4) is 0 Å². The minimum absolute atomic E-state index is 0.0175. The Kier molecular flexibility index (Phi) is 9.67. The fraction of sp³-hybridized carbons (Fsp3) is 0.586. The van der Waals surface area contributed by atoms with Crippen molar-refractivity contribution >= 4 is 27.5 Å². The smallest absolute Gasteiger partial charge is 0.352 e. The van der Waals surface area contributed by atoms with Crippen LogP contribution in [0.1, 0.15) is 67.6 Å². The lowest BCUT2D eigenvalue weighted by atomic mass is 9.84. The highest BCUT2D eigenvalue weighted by molar-refractivity contribution is 7.89. The number of nitrogens with one attached hydrogen (secondary N) is 2. The maximum atomic E-state index is 14.4. The molecule has 2 saturated heterocycles. The Hall–Kier alpha value is -2.32. The Bertz CT molecular complexity index is 1430. The van der Waals surface area contributed by atoms with Gasteiger partial charge in [-0.25, -0.2) is 12.8 Å². The van der Waals surface area contributed by atoms with E-state index >= 15 is 0 Å². The second kappa shape index (κ2) is 13.0. The molecule has 5 rings (SSSR count). The largest absolute Gasteiger partial charge is 0.417 e. The van der Waals surface area contributed by atoms with Gasteiger partial charge in [-0.1, -0.05) is 24.1 Å². The number of nitrogens with zero attached hydrogens (tertiary/aromatic N) is 2. The quantitative estimate of drug-likeness (QED) is 0.371. The van der Waals surface area contributed by atoms with Gasteiger partial charge in [-0.15, -0.1) is 0 Å². The highest BCUT2D eigenvalue weighted by Gasteiger charge is 2.40. The zero-order valence-corrected chi connectivity index (χ0v) is 25.1. The van der Waals surface area contributed by atoms with E-state index in [9.17, 15) is 30.8 Å². The zero-order valence-electron chi connectivity index (χ0n) is 23.5. The van der Waals surface area contributed by atoms with Gasteiger partial charge in [-0.3, -0.25) is 9.78 Å². The van der Waals surface area contributed by atoms with Crippen LogP contribution in [0.4, 0.5) is 17.6 Å². The SMILES string of the molecule is NC(C(=O)NC1CCCC1CCC1CNC2CCCS(=O)(=O)N1C2)C(c1cncc(C(F)(F)F)c1)c1ccc(Cl)c(F)c1. The molecule has 8 nitrogen and oxygen atoms in total. The van der Waals surface area contributed by atoms with E-state index in [0.717, 1.165) is 31.4 Å². The molecule has 4 N–H and O–H groups in total. The molecule has 1 saturated carbocycles. The number of rotatable bonds is 8. The van der Waals surface area contributed by atoms with Gasteiger partial charge in [0.05, 0.1) is 22.4 Å². The lowest BCUT2D eigenvalue weighted by Gasteiger charge is -2.38. The summed E-state index contributed by atoms with van der Waals surface area (Å²) in [6.07, 6.45) is 2.41. The Morgan fingerprint density at radius 2 is 1.93 bits per heavy atom. The molecular weight excluding hydrogens is 610 g/mol. The second-order valence-corrected chi connectivity index (χ2v) is 14.3. The van der Waals surface area contributed by atoms with Gasteiger partial charge >= 0.3 is 6.18 Å². The highest BCUT2D eigenvalue weighted by atomic mass is 35.5. The molecule has 7 unspecified atom stereocenters. The molecule has 1 aliphatic carbocycles. The summed E-state index contributed by atoms with van der Waals surface area (Å²) in [5.74, 6) is -2.25. The van der Waals surface area contributed by atoms with Gasteiger partial charge in [0.2, 0.25) is 15.9 Å². The molecular formula is C29H36ClF4N5O3S. The monoisotopic (exact) mass is 645 g/mol. The summed E-state index contributed by atoms with van der Waals surface area (Å²) in [5.41, 5.74) is 5.63. The summed E-state index contributed by atoms with van der Waals surface area (Å²) < 4.78 is 82.3. The highest BCUT2D eigenvalue weighted by Crippen LogP contribution is 2.36. The van der Waals surface area contributed by atoms with Crippen LogP contribution in [-0.4, -0.2) is 66.6 Å². The first kappa shape index (κ1) is 32.1. The first-order valence-electron chi connectivity index (χ1n) is 14.6. The zero-order chi connectivity index (χ0) is 30.9. The van der Waals surface area contributed by atoms with E-state index in [2.05, 4.69) is 15.6 Å². The van der Waals surface area contributed by atoms with Crippen molar-refractivity contribution in [3.8, 4) is 0 Å². The van der Waals surface area contributed by atoms with Gasteiger partial charge in [0.15, 0.2) is 0 Å². The Balaban J connectivity index is 1.31. The number of halogens is 5. The molecule has 0 radical (unpaired) electrons. The van der Waals surface area contributed by atoms with Gasteiger partial charge in [-0.05, 0) is 73.8 Å². The molecule has 14 heteroatoms.